The van der Waals surface area contributed by atoms with Crippen LogP contribution in [0.15, 0.2) is 79.9 Å². The zero-order chi connectivity index (χ0) is 25.9. The molecule has 0 spiro atoms. The Morgan fingerprint density at radius 2 is 1.89 bits per heavy atom. The van der Waals surface area contributed by atoms with E-state index in [1.54, 1.807) is 12.3 Å². The van der Waals surface area contributed by atoms with Crippen molar-refractivity contribution in [2.45, 2.75) is 32.7 Å². The van der Waals surface area contributed by atoms with Gasteiger partial charge < -0.3 is 4.98 Å². The van der Waals surface area contributed by atoms with Gasteiger partial charge in [-0.25, -0.2) is 4.98 Å². The number of hydrogen-bond donors (Lipinski definition) is 2. The number of rotatable bonds is 7. The van der Waals surface area contributed by atoms with Crippen molar-refractivity contribution in [3.63, 3.8) is 0 Å². The van der Waals surface area contributed by atoms with Crippen molar-refractivity contribution < 1.29 is 0 Å². The zero-order valence-electron chi connectivity index (χ0n) is 21.6. The molecule has 6 rings (SSSR count). The van der Waals surface area contributed by atoms with E-state index in [1.165, 1.54) is 24.8 Å². The lowest BCUT2D eigenvalue weighted by molar-refractivity contribution is 0.220. The summed E-state index contributed by atoms with van der Waals surface area (Å²) in [5.41, 5.74) is 9.88. The molecule has 38 heavy (non-hydrogen) atoms. The van der Waals surface area contributed by atoms with Crippen molar-refractivity contribution in [2.75, 3.05) is 13.1 Å². The molecule has 6 heterocycles. The van der Waals surface area contributed by atoms with Crippen molar-refractivity contribution in [3.05, 3.63) is 102 Å². The molecule has 0 bridgehead atoms. The molecular formula is C31H31N7. The third-order valence-corrected chi connectivity index (χ3v) is 7.19. The fraction of sp³-hybridized carbons (Fsp3) is 0.226. The molecule has 0 aromatic carbocycles. The van der Waals surface area contributed by atoms with Crippen LogP contribution in [0.25, 0.3) is 39.1 Å². The fourth-order valence-electron chi connectivity index (χ4n) is 5.30. The molecule has 5 aromatic heterocycles. The molecule has 1 fully saturated rings. The summed E-state index contributed by atoms with van der Waals surface area (Å²) in [6.45, 7) is 9.25. The summed E-state index contributed by atoms with van der Waals surface area (Å²) < 4.78 is 0. The number of aromatic amines is 2. The van der Waals surface area contributed by atoms with Crippen LogP contribution < -0.4 is 0 Å². The Bertz CT molecular complexity index is 1600. The first-order chi connectivity index (χ1) is 18.7. The maximum atomic E-state index is 4.66. The first-order valence-corrected chi connectivity index (χ1v) is 13.1. The Kier molecular flexibility index (Phi) is 6.67. The minimum absolute atomic E-state index is 0.682. The Hall–Kier alpha value is -4.36. The van der Waals surface area contributed by atoms with E-state index in [4.69, 9.17) is 0 Å². The third-order valence-electron chi connectivity index (χ3n) is 7.19. The van der Waals surface area contributed by atoms with Gasteiger partial charge in [0.15, 0.2) is 5.65 Å². The average Bonchev–Trinajstić information content (AvgIpc) is 3.55. The fourth-order valence-corrected chi connectivity index (χ4v) is 5.30. The highest BCUT2D eigenvalue weighted by atomic mass is 15.2. The summed E-state index contributed by atoms with van der Waals surface area (Å²) in [5, 5.41) is 8.65. The molecule has 7 heteroatoms. The summed E-state index contributed by atoms with van der Waals surface area (Å²) >= 11 is 0. The standard InChI is InChI=1S/C31H31N7/c1-3-9-25(28-10-5-6-11-33-28)26-16-29(35-21(26)2)30-27-15-24(19-34-31(27)37-36-30)23-14-22(17-32-18-23)20-38-12-7-4-8-13-38/h3,5-6,9-11,14-19,35H,1,4,7-8,12-13,20H2,2H3,(H,34,36,37)/b25-9+. The molecule has 0 unspecified atom stereocenters. The molecule has 5 aromatic rings. The molecular weight excluding hydrogens is 470 g/mol. The van der Waals surface area contributed by atoms with E-state index in [0.29, 0.717) is 5.65 Å². The van der Waals surface area contributed by atoms with E-state index >= 15 is 0 Å². The monoisotopic (exact) mass is 501 g/mol. The van der Waals surface area contributed by atoms with E-state index in [9.17, 15) is 0 Å². The number of likely N-dealkylation sites (tertiary alicyclic amines) is 1. The van der Waals surface area contributed by atoms with Gasteiger partial charge in [0.05, 0.1) is 17.1 Å². The molecule has 0 atom stereocenters. The number of H-pyrrole nitrogens is 2. The van der Waals surface area contributed by atoms with E-state index < -0.39 is 0 Å². The Labute approximate surface area is 222 Å². The number of nitrogens with zero attached hydrogens (tertiary/aromatic N) is 5. The van der Waals surface area contributed by atoms with Crippen molar-refractivity contribution in [1.82, 2.24) is 35.0 Å². The number of allylic oxidation sites excluding steroid dienone is 2. The van der Waals surface area contributed by atoms with Gasteiger partial charge >= 0.3 is 0 Å². The quantitative estimate of drug-likeness (QED) is 0.255. The average molecular weight is 502 g/mol. The second-order valence-corrected chi connectivity index (χ2v) is 9.87. The lowest BCUT2D eigenvalue weighted by Gasteiger charge is -2.26. The van der Waals surface area contributed by atoms with Gasteiger partial charge in [0.2, 0.25) is 0 Å². The molecule has 2 N–H and O–H groups in total. The topological polar surface area (TPSA) is 86.4 Å². The lowest BCUT2D eigenvalue weighted by Crippen LogP contribution is -2.29. The Morgan fingerprint density at radius 3 is 2.71 bits per heavy atom. The van der Waals surface area contributed by atoms with Crippen molar-refractivity contribution in [2.24, 2.45) is 0 Å². The number of fused-ring (bicyclic) bond motifs is 1. The van der Waals surface area contributed by atoms with Crippen LogP contribution in [0, 0.1) is 6.92 Å². The van der Waals surface area contributed by atoms with E-state index in [1.807, 2.05) is 42.9 Å². The smallest absolute Gasteiger partial charge is 0.181 e. The van der Waals surface area contributed by atoms with E-state index in [-0.39, 0.29) is 0 Å². The summed E-state index contributed by atoms with van der Waals surface area (Å²) in [6, 6.07) is 12.5. The van der Waals surface area contributed by atoms with Gasteiger partial charge in [-0.05, 0) is 68.8 Å². The molecule has 0 saturated carbocycles. The first-order valence-electron chi connectivity index (χ1n) is 13.1. The summed E-state index contributed by atoms with van der Waals surface area (Å²) in [4.78, 5) is 19.8. The minimum Gasteiger partial charge on any atom is -0.357 e. The van der Waals surface area contributed by atoms with E-state index in [0.717, 1.165) is 70.1 Å². The summed E-state index contributed by atoms with van der Waals surface area (Å²) in [7, 11) is 0. The van der Waals surface area contributed by atoms with Crippen LogP contribution in [0.5, 0.6) is 0 Å². The molecule has 0 aliphatic carbocycles. The van der Waals surface area contributed by atoms with Crippen molar-refractivity contribution in [1.29, 1.82) is 0 Å². The third kappa shape index (κ3) is 4.80. The summed E-state index contributed by atoms with van der Waals surface area (Å²) in [5.74, 6) is 0. The number of nitrogens with one attached hydrogen (secondary N) is 2. The maximum absolute atomic E-state index is 4.66. The van der Waals surface area contributed by atoms with Crippen LogP contribution in [0.3, 0.4) is 0 Å². The van der Waals surface area contributed by atoms with Gasteiger partial charge in [0, 0.05) is 64.7 Å². The van der Waals surface area contributed by atoms with Crippen LogP contribution in [0.4, 0.5) is 0 Å². The minimum atomic E-state index is 0.682. The number of aryl methyl sites for hydroxylation is 1. The van der Waals surface area contributed by atoms with Gasteiger partial charge in [0.1, 0.15) is 0 Å². The van der Waals surface area contributed by atoms with Crippen molar-refractivity contribution >= 4 is 16.6 Å². The zero-order valence-corrected chi connectivity index (χ0v) is 21.6. The first kappa shape index (κ1) is 24.0. The molecule has 1 aliphatic heterocycles. The molecule has 1 saturated heterocycles. The highest BCUT2D eigenvalue weighted by molar-refractivity contribution is 5.94. The van der Waals surface area contributed by atoms with Gasteiger partial charge in [0.25, 0.3) is 0 Å². The summed E-state index contributed by atoms with van der Waals surface area (Å²) in [6.07, 6.45) is 15.3. The normalized spacial score (nSPS) is 14.7. The van der Waals surface area contributed by atoms with Gasteiger partial charge in [-0.2, -0.15) is 5.10 Å². The van der Waals surface area contributed by atoms with Crippen LogP contribution in [-0.4, -0.2) is 48.1 Å². The SMILES string of the molecule is C=C/C=C(/c1ccccn1)c1cc(-c2[nH]nc3ncc(-c4cncc(CN5CCCCC5)c4)cc23)[nH]c1C. The van der Waals surface area contributed by atoms with Gasteiger partial charge in [-0.1, -0.05) is 31.2 Å². The lowest BCUT2D eigenvalue weighted by atomic mass is 10.0. The molecule has 0 amide bonds. The predicted octanol–water partition coefficient (Wildman–Crippen LogP) is 6.32. The molecule has 7 nitrogen and oxygen atoms in total. The number of pyridine rings is 3. The van der Waals surface area contributed by atoms with Gasteiger partial charge in [-0.15, -0.1) is 0 Å². The molecule has 190 valence electrons. The Morgan fingerprint density at radius 1 is 1.03 bits per heavy atom. The molecule has 0 radical (unpaired) electrons. The van der Waals surface area contributed by atoms with Crippen LogP contribution in [0.1, 0.15) is 41.8 Å². The maximum Gasteiger partial charge on any atom is 0.181 e. The number of aromatic nitrogens is 6. The predicted molar refractivity (Wildman–Crippen MR) is 152 cm³/mol. The van der Waals surface area contributed by atoms with E-state index in [2.05, 4.69) is 66.7 Å². The molecule has 1 aliphatic rings. The van der Waals surface area contributed by atoms with Gasteiger partial charge in [-0.3, -0.25) is 20.0 Å². The number of hydrogen-bond acceptors (Lipinski definition) is 5. The second-order valence-electron chi connectivity index (χ2n) is 9.87. The largest absolute Gasteiger partial charge is 0.357 e. The second kappa shape index (κ2) is 10.6. The van der Waals surface area contributed by atoms with Crippen LogP contribution >= 0.6 is 0 Å². The highest BCUT2D eigenvalue weighted by Crippen LogP contribution is 2.33. The van der Waals surface area contributed by atoms with Crippen molar-refractivity contribution in [3.8, 4) is 22.5 Å². The Balaban J connectivity index is 1.34. The number of piperidine rings is 1. The van der Waals surface area contributed by atoms with Crippen LogP contribution in [-0.2, 0) is 6.54 Å². The van der Waals surface area contributed by atoms with Crippen LogP contribution in [0.2, 0.25) is 0 Å². The highest BCUT2D eigenvalue weighted by Gasteiger charge is 2.17.